The number of halogens is 2. The molecule has 29 heavy (non-hydrogen) atoms. The van der Waals surface area contributed by atoms with E-state index in [1.807, 2.05) is 31.3 Å². The van der Waals surface area contributed by atoms with Crippen molar-refractivity contribution >= 4 is 34.8 Å². The highest BCUT2D eigenvalue weighted by Crippen LogP contribution is 2.38. The van der Waals surface area contributed by atoms with Gasteiger partial charge in [-0.3, -0.25) is 4.79 Å². The summed E-state index contributed by atoms with van der Waals surface area (Å²) in [7, 11) is 2.03. The number of allylic oxidation sites excluding steroid dienone is 1. The summed E-state index contributed by atoms with van der Waals surface area (Å²) in [5.74, 6) is -0.497. The molecule has 0 aromatic heterocycles. The average Bonchev–Trinajstić information content (AvgIpc) is 2.68. The van der Waals surface area contributed by atoms with Crippen molar-refractivity contribution in [1.29, 1.82) is 0 Å². The summed E-state index contributed by atoms with van der Waals surface area (Å²) >= 11 is 12.7. The van der Waals surface area contributed by atoms with Crippen LogP contribution in [0, 0.1) is 4.91 Å². The van der Waals surface area contributed by atoms with Gasteiger partial charge in [0.2, 0.25) is 0 Å². The fourth-order valence-corrected chi connectivity index (χ4v) is 4.01. The molecule has 1 amide bonds. The first kappa shape index (κ1) is 21.0. The molecule has 8 heteroatoms. The highest BCUT2D eigenvalue weighted by Gasteiger charge is 2.27. The lowest BCUT2D eigenvalue weighted by molar-refractivity contribution is -0.112. The number of rotatable bonds is 5. The van der Waals surface area contributed by atoms with Gasteiger partial charge in [0.25, 0.3) is 5.91 Å². The van der Waals surface area contributed by atoms with Crippen LogP contribution in [0.4, 0.5) is 5.69 Å². The van der Waals surface area contributed by atoms with E-state index in [0.717, 1.165) is 35.9 Å². The van der Waals surface area contributed by atoms with Gasteiger partial charge in [0.15, 0.2) is 0 Å². The minimum absolute atomic E-state index is 0.0451. The van der Waals surface area contributed by atoms with E-state index in [0.29, 0.717) is 15.7 Å². The molecule has 6 nitrogen and oxygen atoms in total. The second kappa shape index (κ2) is 8.78. The molecular formula is C21H20Cl2N4O2. The van der Waals surface area contributed by atoms with Crippen molar-refractivity contribution < 1.29 is 4.79 Å². The third kappa shape index (κ3) is 4.85. The monoisotopic (exact) mass is 430 g/mol. The normalized spacial score (nSPS) is 16.8. The number of nitrogens with one attached hydrogen (secondary N) is 1. The zero-order valence-electron chi connectivity index (χ0n) is 15.8. The molecule has 0 radical (unpaired) electrons. The summed E-state index contributed by atoms with van der Waals surface area (Å²) in [5, 5.41) is 6.60. The molecule has 0 fully saturated rings. The largest absolute Gasteiger partial charge is 0.394 e. The first-order valence-electron chi connectivity index (χ1n) is 8.85. The van der Waals surface area contributed by atoms with Crippen LogP contribution in [0.5, 0.6) is 0 Å². The molecule has 1 heterocycles. The van der Waals surface area contributed by atoms with Crippen molar-refractivity contribution in [2.24, 2.45) is 10.9 Å². The molecule has 1 aliphatic heterocycles. The molecule has 1 atom stereocenters. The van der Waals surface area contributed by atoms with Crippen molar-refractivity contribution in [2.45, 2.75) is 12.5 Å². The van der Waals surface area contributed by atoms with Crippen LogP contribution < -0.4 is 11.1 Å². The summed E-state index contributed by atoms with van der Waals surface area (Å²) in [6, 6.07) is 11.2. The smallest absolute Gasteiger partial charge is 0.271 e. The van der Waals surface area contributed by atoms with Gasteiger partial charge >= 0.3 is 0 Å². The highest BCUT2D eigenvalue weighted by atomic mass is 35.5. The molecule has 150 valence electrons. The van der Waals surface area contributed by atoms with Crippen molar-refractivity contribution in [3.05, 3.63) is 92.1 Å². The molecule has 3 N–H and O–H groups in total. The van der Waals surface area contributed by atoms with Gasteiger partial charge in [-0.15, -0.1) is 4.91 Å². The SMILES string of the molecule is C=C(/C=C(\N)C(=O)Nc1cccc(C2CN(C)Cc3c(Cl)cc(Cl)cc32)c1)N=O. The predicted octanol–water partition coefficient (Wildman–Crippen LogP) is 4.63. The Morgan fingerprint density at radius 2 is 2.10 bits per heavy atom. The standard InChI is InChI=1S/C21H20Cl2N4O2/c1-12(26-29)6-20(24)21(28)25-15-5-3-4-13(7-15)17-10-27(2)11-18-16(17)8-14(22)9-19(18)23/h3-9,17H,1,10-11,24H2,2H3,(H,25,28)/b20-6-. The fourth-order valence-electron chi connectivity index (χ4n) is 3.44. The van der Waals surface area contributed by atoms with E-state index in [9.17, 15) is 9.70 Å². The minimum atomic E-state index is -0.542. The van der Waals surface area contributed by atoms with Gasteiger partial charge in [-0.1, -0.05) is 41.9 Å². The molecule has 3 rings (SSSR count). The fraction of sp³-hybridized carbons (Fsp3) is 0.190. The Morgan fingerprint density at radius 1 is 1.34 bits per heavy atom. The van der Waals surface area contributed by atoms with Crippen LogP contribution in [-0.2, 0) is 11.3 Å². The van der Waals surface area contributed by atoms with Crippen LogP contribution in [0.2, 0.25) is 10.0 Å². The van der Waals surface area contributed by atoms with Crippen LogP contribution in [0.15, 0.2) is 65.6 Å². The van der Waals surface area contributed by atoms with Crippen molar-refractivity contribution in [2.75, 3.05) is 18.9 Å². The Hall–Kier alpha value is -2.67. The summed E-state index contributed by atoms with van der Waals surface area (Å²) in [6.45, 7) is 4.91. The van der Waals surface area contributed by atoms with Gasteiger partial charge < -0.3 is 16.0 Å². The number of likely N-dealkylation sites (N-methyl/N-ethyl adjacent to an activating group) is 1. The van der Waals surface area contributed by atoms with E-state index in [1.54, 1.807) is 12.1 Å². The Balaban J connectivity index is 1.91. The van der Waals surface area contributed by atoms with E-state index in [2.05, 4.69) is 22.0 Å². The molecule has 0 saturated heterocycles. The number of nitrogens with zero attached hydrogens (tertiary/aromatic N) is 2. The number of hydrogen-bond donors (Lipinski definition) is 2. The maximum Gasteiger partial charge on any atom is 0.271 e. The molecule has 0 bridgehead atoms. The van der Waals surface area contributed by atoms with Crippen LogP contribution >= 0.6 is 23.2 Å². The van der Waals surface area contributed by atoms with Crippen LogP contribution in [0.1, 0.15) is 22.6 Å². The molecule has 1 aliphatic rings. The van der Waals surface area contributed by atoms with Crippen LogP contribution in [0.3, 0.4) is 0 Å². The first-order chi connectivity index (χ1) is 13.8. The predicted molar refractivity (Wildman–Crippen MR) is 117 cm³/mol. The van der Waals surface area contributed by atoms with Gasteiger partial charge in [0.1, 0.15) is 5.70 Å². The topological polar surface area (TPSA) is 87.8 Å². The quantitative estimate of drug-likeness (QED) is 0.411. The maximum absolute atomic E-state index is 12.3. The van der Waals surface area contributed by atoms with Gasteiger partial charge in [-0.05, 0) is 59.3 Å². The first-order valence-corrected chi connectivity index (χ1v) is 9.61. The van der Waals surface area contributed by atoms with Gasteiger partial charge in [0, 0.05) is 34.7 Å². The number of carbonyl (C=O) groups is 1. The Bertz CT molecular complexity index is 1020. The third-order valence-electron chi connectivity index (χ3n) is 4.74. The minimum Gasteiger partial charge on any atom is -0.394 e. The second-order valence-corrected chi connectivity index (χ2v) is 7.81. The number of nitrogens with two attached hydrogens (primary N) is 1. The number of nitroso groups, excluding NO2 is 1. The lowest BCUT2D eigenvalue weighted by atomic mass is 9.84. The molecule has 0 aliphatic carbocycles. The van der Waals surface area contributed by atoms with E-state index in [4.69, 9.17) is 28.9 Å². The van der Waals surface area contributed by atoms with Gasteiger partial charge in [-0.25, -0.2) is 0 Å². The van der Waals surface area contributed by atoms with Gasteiger partial charge in [0.05, 0.1) is 5.70 Å². The summed E-state index contributed by atoms with van der Waals surface area (Å²) in [5.41, 5.74) is 9.14. The van der Waals surface area contributed by atoms with Crippen molar-refractivity contribution in [3.8, 4) is 0 Å². The van der Waals surface area contributed by atoms with E-state index < -0.39 is 5.91 Å². The summed E-state index contributed by atoms with van der Waals surface area (Å²) in [4.78, 5) is 24.9. The molecular weight excluding hydrogens is 411 g/mol. The van der Waals surface area contributed by atoms with Gasteiger partial charge in [-0.2, -0.15) is 0 Å². The zero-order valence-corrected chi connectivity index (χ0v) is 17.3. The van der Waals surface area contributed by atoms with E-state index in [1.165, 1.54) is 0 Å². The van der Waals surface area contributed by atoms with E-state index in [-0.39, 0.29) is 17.3 Å². The average molecular weight is 431 g/mol. The maximum atomic E-state index is 12.3. The molecule has 2 aromatic carbocycles. The number of carbonyl (C=O) groups excluding carboxylic acids is 1. The lowest BCUT2D eigenvalue weighted by Gasteiger charge is -2.33. The summed E-state index contributed by atoms with van der Waals surface area (Å²) < 4.78 is 0. The van der Waals surface area contributed by atoms with Crippen LogP contribution in [-0.4, -0.2) is 24.4 Å². The second-order valence-electron chi connectivity index (χ2n) is 6.97. The third-order valence-corrected chi connectivity index (χ3v) is 5.30. The number of benzene rings is 2. The van der Waals surface area contributed by atoms with E-state index >= 15 is 0 Å². The Morgan fingerprint density at radius 3 is 2.83 bits per heavy atom. The summed E-state index contributed by atoms with van der Waals surface area (Å²) in [6.07, 6.45) is 1.13. The number of anilines is 1. The zero-order chi connectivity index (χ0) is 21.1. The lowest BCUT2D eigenvalue weighted by Crippen LogP contribution is -2.31. The Labute approximate surface area is 179 Å². The van der Waals surface area contributed by atoms with Crippen molar-refractivity contribution in [3.63, 3.8) is 0 Å². The van der Waals surface area contributed by atoms with Crippen molar-refractivity contribution in [1.82, 2.24) is 4.90 Å². The molecule has 0 spiro atoms. The number of hydrogen-bond acceptors (Lipinski definition) is 5. The number of fused-ring (bicyclic) bond motifs is 1. The highest BCUT2D eigenvalue weighted by molar-refractivity contribution is 6.35. The molecule has 0 saturated carbocycles. The Kier molecular flexibility index (Phi) is 6.37. The molecule has 1 unspecified atom stereocenters. The molecule has 2 aromatic rings. The van der Waals surface area contributed by atoms with Crippen LogP contribution in [0.25, 0.3) is 0 Å². The number of amides is 1.